The Balaban J connectivity index is 2.27. The smallest absolute Gasteiger partial charge is 0.332 e. The molecule has 0 atom stereocenters. The summed E-state index contributed by atoms with van der Waals surface area (Å²) in [5.41, 5.74) is 4.31. The first kappa shape index (κ1) is 22.7. The van der Waals surface area contributed by atoms with Crippen LogP contribution in [0.15, 0.2) is 66.9 Å². The number of imidazole rings is 1. The number of anilines is 1. The van der Waals surface area contributed by atoms with Crippen molar-refractivity contribution in [3.63, 3.8) is 0 Å². The summed E-state index contributed by atoms with van der Waals surface area (Å²) in [5, 5.41) is 0. The molecule has 1 heterocycles. The Bertz CT molecular complexity index is 1040. The van der Waals surface area contributed by atoms with E-state index < -0.39 is 12.6 Å². The molecule has 31 heavy (non-hydrogen) atoms. The van der Waals surface area contributed by atoms with E-state index in [2.05, 4.69) is 13.2 Å². The largest absolute Gasteiger partial charge is 0.392 e. The zero-order valence-corrected chi connectivity index (χ0v) is 18.3. The molecule has 0 radical (unpaired) electrons. The minimum absolute atomic E-state index is 0.368. The molecule has 0 N–H and O–H groups in total. The summed E-state index contributed by atoms with van der Waals surface area (Å²) in [6.45, 7) is 12.4. The third-order valence-electron chi connectivity index (χ3n) is 5.36. The molecule has 0 fully saturated rings. The summed E-state index contributed by atoms with van der Waals surface area (Å²) in [6, 6.07) is 9.82. The first-order valence-electron chi connectivity index (χ1n) is 10.2. The van der Waals surface area contributed by atoms with E-state index in [1.807, 2.05) is 66.8 Å². The van der Waals surface area contributed by atoms with E-state index in [4.69, 9.17) is 4.98 Å². The lowest BCUT2D eigenvalue weighted by molar-refractivity contribution is -0.127. The van der Waals surface area contributed by atoms with Crippen molar-refractivity contribution in [3.05, 3.63) is 84.0 Å². The van der Waals surface area contributed by atoms with Crippen molar-refractivity contribution in [3.8, 4) is 0 Å². The maximum atomic E-state index is 13.3. The van der Waals surface area contributed by atoms with Crippen LogP contribution in [0.3, 0.4) is 0 Å². The molecule has 6 heteroatoms. The van der Waals surface area contributed by atoms with Crippen molar-refractivity contribution in [1.82, 2.24) is 9.55 Å². The number of rotatable bonds is 7. The average Bonchev–Trinajstić information content (AvgIpc) is 3.06. The maximum Gasteiger partial charge on any atom is 0.392 e. The monoisotopic (exact) mass is 427 g/mol. The molecular formula is C25H28F3N3. The molecule has 1 aromatic heterocycles. The average molecular weight is 428 g/mol. The Morgan fingerprint density at radius 2 is 1.84 bits per heavy atom. The molecule has 3 rings (SSSR count). The van der Waals surface area contributed by atoms with Crippen molar-refractivity contribution in [2.24, 2.45) is 0 Å². The second-order valence-corrected chi connectivity index (χ2v) is 8.00. The third-order valence-corrected chi connectivity index (χ3v) is 5.36. The van der Waals surface area contributed by atoms with Crippen molar-refractivity contribution in [1.29, 1.82) is 0 Å². The summed E-state index contributed by atoms with van der Waals surface area (Å²) < 4.78 is 41.9. The van der Waals surface area contributed by atoms with E-state index in [0.717, 1.165) is 22.5 Å². The summed E-state index contributed by atoms with van der Waals surface area (Å²) in [6.07, 6.45) is -0.533. The highest BCUT2D eigenvalue weighted by Crippen LogP contribution is 2.38. The first-order valence-corrected chi connectivity index (χ1v) is 10.2. The SMILES string of the molecule is C=C(C)c1c(N(C)C(=C)C)nc(C2=C(CC(F)(F)F)CCC=C2)n1Cc1ccccc1. The molecule has 0 aliphatic heterocycles. The van der Waals surface area contributed by atoms with Crippen molar-refractivity contribution in [2.75, 3.05) is 11.9 Å². The van der Waals surface area contributed by atoms with Crippen LogP contribution in [-0.2, 0) is 6.54 Å². The van der Waals surface area contributed by atoms with Crippen molar-refractivity contribution in [2.45, 2.75) is 45.8 Å². The molecule has 0 spiro atoms. The molecule has 0 bridgehead atoms. The Morgan fingerprint density at radius 1 is 1.16 bits per heavy atom. The van der Waals surface area contributed by atoms with Gasteiger partial charge < -0.3 is 9.47 Å². The van der Waals surface area contributed by atoms with Gasteiger partial charge in [-0.05, 0) is 37.8 Å². The topological polar surface area (TPSA) is 21.1 Å². The molecule has 0 amide bonds. The van der Waals surface area contributed by atoms with Crippen LogP contribution < -0.4 is 4.90 Å². The van der Waals surface area contributed by atoms with Crippen LogP contribution in [0.1, 0.15) is 50.2 Å². The van der Waals surface area contributed by atoms with Gasteiger partial charge in [0.05, 0.1) is 12.1 Å². The Labute approximate surface area is 181 Å². The van der Waals surface area contributed by atoms with Gasteiger partial charge in [0.1, 0.15) is 5.82 Å². The molecule has 0 saturated carbocycles. The number of allylic oxidation sites excluding steroid dienone is 6. The highest BCUT2D eigenvalue weighted by atomic mass is 19.4. The van der Waals surface area contributed by atoms with Crippen LogP contribution in [0.4, 0.5) is 19.0 Å². The van der Waals surface area contributed by atoms with Crippen LogP contribution >= 0.6 is 0 Å². The van der Waals surface area contributed by atoms with Gasteiger partial charge in [0.2, 0.25) is 0 Å². The fraction of sp³-hybridized carbons (Fsp3) is 0.320. The Kier molecular flexibility index (Phi) is 6.58. The highest BCUT2D eigenvalue weighted by Gasteiger charge is 2.32. The minimum atomic E-state index is -4.27. The van der Waals surface area contributed by atoms with Crippen LogP contribution in [0.2, 0.25) is 0 Å². The summed E-state index contributed by atoms with van der Waals surface area (Å²) in [7, 11) is 1.86. The second-order valence-electron chi connectivity index (χ2n) is 8.00. The number of aromatic nitrogens is 2. The number of nitrogens with zero attached hydrogens (tertiary/aromatic N) is 3. The van der Waals surface area contributed by atoms with E-state index in [1.165, 1.54) is 0 Å². The molecular weight excluding hydrogens is 399 g/mol. The summed E-state index contributed by atoms with van der Waals surface area (Å²) >= 11 is 0. The zero-order valence-electron chi connectivity index (χ0n) is 18.3. The van der Waals surface area contributed by atoms with Crippen LogP contribution in [0.25, 0.3) is 11.1 Å². The lowest BCUT2D eigenvalue weighted by atomic mass is 9.94. The number of halogens is 3. The molecule has 2 aromatic rings. The van der Waals surface area contributed by atoms with E-state index in [1.54, 1.807) is 6.08 Å². The summed E-state index contributed by atoms with van der Waals surface area (Å²) in [5.74, 6) is 1.17. The fourth-order valence-electron chi connectivity index (χ4n) is 3.77. The van der Waals surface area contributed by atoms with Gasteiger partial charge in [-0.25, -0.2) is 4.98 Å². The van der Waals surface area contributed by atoms with Crippen LogP contribution in [0, 0.1) is 0 Å². The number of hydrogen-bond donors (Lipinski definition) is 0. The molecule has 1 aliphatic rings. The van der Waals surface area contributed by atoms with Gasteiger partial charge in [-0.15, -0.1) is 0 Å². The lowest BCUT2D eigenvalue weighted by Gasteiger charge is -2.20. The van der Waals surface area contributed by atoms with Gasteiger partial charge in [0.25, 0.3) is 0 Å². The minimum Gasteiger partial charge on any atom is -0.332 e. The van der Waals surface area contributed by atoms with E-state index in [0.29, 0.717) is 42.2 Å². The first-order chi connectivity index (χ1) is 14.6. The highest BCUT2D eigenvalue weighted by molar-refractivity contribution is 5.80. The predicted molar refractivity (Wildman–Crippen MR) is 122 cm³/mol. The zero-order chi connectivity index (χ0) is 22.8. The molecule has 1 aromatic carbocycles. The van der Waals surface area contributed by atoms with E-state index in [9.17, 15) is 13.2 Å². The quantitative estimate of drug-likeness (QED) is 0.475. The Hall–Kier alpha value is -3.02. The standard InChI is InChI=1S/C25H28F3N3/c1-17(2)22-24(30(5)18(3)4)29-23(31(22)16-19-11-7-6-8-12-19)21-14-10-9-13-20(21)15-25(26,27)28/h6-8,10-12,14H,1,3,9,13,15-16H2,2,4-5H3. The Morgan fingerprint density at radius 3 is 2.42 bits per heavy atom. The van der Waals surface area contributed by atoms with Gasteiger partial charge in [0, 0.05) is 24.9 Å². The van der Waals surface area contributed by atoms with Gasteiger partial charge in [-0.2, -0.15) is 13.2 Å². The molecule has 1 aliphatic carbocycles. The van der Waals surface area contributed by atoms with Gasteiger partial charge >= 0.3 is 6.18 Å². The van der Waals surface area contributed by atoms with E-state index >= 15 is 0 Å². The van der Waals surface area contributed by atoms with Crippen molar-refractivity contribution >= 4 is 17.0 Å². The van der Waals surface area contributed by atoms with Gasteiger partial charge in [0.15, 0.2) is 5.82 Å². The van der Waals surface area contributed by atoms with Gasteiger partial charge in [-0.3, -0.25) is 0 Å². The van der Waals surface area contributed by atoms with Crippen LogP contribution in [-0.4, -0.2) is 22.8 Å². The fourth-order valence-corrected chi connectivity index (χ4v) is 3.77. The van der Waals surface area contributed by atoms with Crippen LogP contribution in [0.5, 0.6) is 0 Å². The normalized spacial score (nSPS) is 14.1. The molecule has 3 nitrogen and oxygen atoms in total. The predicted octanol–water partition coefficient (Wildman–Crippen LogP) is 6.99. The number of benzene rings is 1. The number of alkyl halides is 3. The summed E-state index contributed by atoms with van der Waals surface area (Å²) in [4.78, 5) is 6.70. The lowest BCUT2D eigenvalue weighted by Crippen LogP contribution is -2.16. The molecule has 0 unspecified atom stereocenters. The maximum absolute atomic E-state index is 13.3. The van der Waals surface area contributed by atoms with Crippen molar-refractivity contribution < 1.29 is 13.2 Å². The van der Waals surface area contributed by atoms with Gasteiger partial charge in [-0.1, -0.05) is 61.2 Å². The number of hydrogen-bond acceptors (Lipinski definition) is 2. The van der Waals surface area contributed by atoms with E-state index in [-0.39, 0.29) is 0 Å². The molecule has 0 saturated heterocycles. The second kappa shape index (κ2) is 9.00. The third kappa shape index (κ3) is 5.19. The molecule has 164 valence electrons.